The van der Waals surface area contributed by atoms with Crippen molar-refractivity contribution in [2.24, 2.45) is 11.7 Å². The summed E-state index contributed by atoms with van der Waals surface area (Å²) in [4.78, 5) is 2.56. The summed E-state index contributed by atoms with van der Waals surface area (Å²) in [5.41, 5.74) is 8.51. The van der Waals surface area contributed by atoms with E-state index in [-0.39, 0.29) is 0 Å². The first-order valence-electron chi connectivity index (χ1n) is 8.29. The van der Waals surface area contributed by atoms with Gasteiger partial charge in [-0.05, 0) is 35.8 Å². The van der Waals surface area contributed by atoms with Crippen molar-refractivity contribution in [3.63, 3.8) is 0 Å². The first-order chi connectivity index (χ1) is 10.3. The van der Waals surface area contributed by atoms with Crippen molar-refractivity contribution >= 4 is 16.5 Å². The molecule has 2 heteroatoms. The maximum Gasteiger partial charge on any atom is 0.0446 e. The number of piperidine rings is 1. The van der Waals surface area contributed by atoms with E-state index in [2.05, 4.69) is 48.2 Å². The highest BCUT2D eigenvalue weighted by Gasteiger charge is 2.20. The normalized spacial score (nSPS) is 16.6. The summed E-state index contributed by atoms with van der Waals surface area (Å²) < 4.78 is 0. The first-order valence-corrected chi connectivity index (χ1v) is 8.29. The van der Waals surface area contributed by atoms with E-state index >= 15 is 0 Å². The predicted molar refractivity (Wildman–Crippen MR) is 91.7 cm³/mol. The molecular formula is C19H26N2. The summed E-state index contributed by atoms with van der Waals surface area (Å²) in [6.07, 6.45) is 5.38. The summed E-state index contributed by atoms with van der Waals surface area (Å²) >= 11 is 0. The second-order valence-electron chi connectivity index (χ2n) is 6.21. The first kappa shape index (κ1) is 14.4. The van der Waals surface area contributed by atoms with Crippen molar-refractivity contribution in [1.29, 1.82) is 0 Å². The maximum absolute atomic E-state index is 5.88. The molecule has 1 heterocycles. The molecule has 1 aliphatic rings. The third-order valence-corrected chi connectivity index (χ3v) is 4.86. The molecule has 0 spiro atoms. The van der Waals surface area contributed by atoms with Gasteiger partial charge in [0.15, 0.2) is 0 Å². The molecule has 0 saturated carbocycles. The fraction of sp³-hybridized carbons (Fsp3) is 0.474. The molecule has 2 nitrogen and oxygen atoms in total. The second kappa shape index (κ2) is 6.48. The molecule has 2 aromatic carbocycles. The molecule has 2 aromatic rings. The number of anilines is 1. The molecule has 2 N–H and O–H groups in total. The number of benzene rings is 2. The molecule has 1 aliphatic heterocycles. The Hall–Kier alpha value is -1.54. The van der Waals surface area contributed by atoms with Crippen molar-refractivity contribution < 1.29 is 0 Å². The van der Waals surface area contributed by atoms with Crippen LogP contribution in [-0.4, -0.2) is 13.1 Å². The third kappa shape index (κ3) is 2.91. The van der Waals surface area contributed by atoms with E-state index in [1.807, 2.05) is 0 Å². The lowest BCUT2D eigenvalue weighted by Gasteiger charge is -2.34. The Morgan fingerprint density at radius 3 is 2.43 bits per heavy atom. The Kier molecular flexibility index (Phi) is 4.45. The van der Waals surface area contributed by atoms with Gasteiger partial charge in [0.05, 0.1) is 0 Å². The highest BCUT2D eigenvalue weighted by atomic mass is 15.1. The summed E-state index contributed by atoms with van der Waals surface area (Å²) in [6.45, 7) is 5.29. The van der Waals surface area contributed by atoms with Gasteiger partial charge in [0, 0.05) is 30.7 Å². The molecule has 112 valence electrons. The van der Waals surface area contributed by atoms with Gasteiger partial charge >= 0.3 is 0 Å². The van der Waals surface area contributed by atoms with Crippen LogP contribution in [0.15, 0.2) is 36.4 Å². The zero-order valence-electron chi connectivity index (χ0n) is 13.0. The number of nitrogens with zero attached hydrogens (tertiary/aromatic N) is 1. The molecule has 0 radical (unpaired) electrons. The van der Waals surface area contributed by atoms with Crippen LogP contribution in [0.1, 0.15) is 38.2 Å². The predicted octanol–water partition coefficient (Wildman–Crippen LogP) is 4.32. The smallest absolute Gasteiger partial charge is 0.0446 e. The highest BCUT2D eigenvalue weighted by Crippen LogP contribution is 2.32. The molecule has 0 aromatic heterocycles. The second-order valence-corrected chi connectivity index (χ2v) is 6.21. The Morgan fingerprint density at radius 2 is 1.76 bits per heavy atom. The molecule has 0 unspecified atom stereocenters. The summed E-state index contributed by atoms with van der Waals surface area (Å²) in [6, 6.07) is 13.2. The zero-order chi connectivity index (χ0) is 14.7. The Balaban J connectivity index is 1.88. The van der Waals surface area contributed by atoms with Gasteiger partial charge in [0.25, 0.3) is 0 Å². The molecule has 0 amide bonds. The molecule has 0 bridgehead atoms. The van der Waals surface area contributed by atoms with Crippen molar-refractivity contribution in [2.75, 3.05) is 18.0 Å². The monoisotopic (exact) mass is 282 g/mol. The largest absolute Gasteiger partial charge is 0.371 e. The van der Waals surface area contributed by atoms with Crippen molar-refractivity contribution in [3.05, 3.63) is 42.0 Å². The van der Waals surface area contributed by atoms with Gasteiger partial charge in [0.2, 0.25) is 0 Å². The summed E-state index contributed by atoms with van der Waals surface area (Å²) in [7, 11) is 0. The standard InChI is InChI=1S/C19H26N2/c1-2-5-15-10-12-21(13-11-15)19-9-8-16(14-20)17-6-3-4-7-18(17)19/h3-4,6-9,15H,2,5,10-14,20H2,1H3. The van der Waals surface area contributed by atoms with Gasteiger partial charge < -0.3 is 10.6 Å². The van der Waals surface area contributed by atoms with E-state index < -0.39 is 0 Å². The Labute approximate surface area is 127 Å². The lowest BCUT2D eigenvalue weighted by atomic mass is 9.91. The molecule has 1 fully saturated rings. The number of hydrogen-bond donors (Lipinski definition) is 1. The van der Waals surface area contributed by atoms with E-state index in [9.17, 15) is 0 Å². The molecule has 0 aliphatic carbocycles. The zero-order valence-corrected chi connectivity index (χ0v) is 13.0. The lowest BCUT2D eigenvalue weighted by Crippen LogP contribution is -2.33. The van der Waals surface area contributed by atoms with E-state index in [1.54, 1.807) is 0 Å². The van der Waals surface area contributed by atoms with Crippen molar-refractivity contribution in [1.82, 2.24) is 0 Å². The summed E-state index contributed by atoms with van der Waals surface area (Å²) in [5.74, 6) is 0.931. The van der Waals surface area contributed by atoms with Crippen LogP contribution in [0.2, 0.25) is 0 Å². The number of fused-ring (bicyclic) bond motifs is 1. The number of hydrogen-bond acceptors (Lipinski definition) is 2. The third-order valence-electron chi connectivity index (χ3n) is 4.86. The van der Waals surface area contributed by atoms with Gasteiger partial charge in [0.1, 0.15) is 0 Å². The fourth-order valence-electron chi connectivity index (χ4n) is 3.67. The number of nitrogens with two attached hydrogens (primary N) is 1. The van der Waals surface area contributed by atoms with Gasteiger partial charge in [-0.1, -0.05) is 50.1 Å². The average Bonchev–Trinajstić information content (AvgIpc) is 2.55. The molecular weight excluding hydrogens is 256 g/mol. The van der Waals surface area contributed by atoms with Crippen LogP contribution >= 0.6 is 0 Å². The maximum atomic E-state index is 5.88. The quantitative estimate of drug-likeness (QED) is 0.905. The van der Waals surface area contributed by atoms with E-state index in [4.69, 9.17) is 5.73 Å². The van der Waals surface area contributed by atoms with Crippen LogP contribution in [0, 0.1) is 5.92 Å². The Morgan fingerprint density at radius 1 is 1.05 bits per heavy atom. The topological polar surface area (TPSA) is 29.3 Å². The minimum atomic E-state index is 0.610. The SMILES string of the molecule is CCCC1CCN(c2ccc(CN)c3ccccc23)CC1. The van der Waals surface area contributed by atoms with E-state index in [0.29, 0.717) is 6.54 Å². The number of rotatable bonds is 4. The van der Waals surface area contributed by atoms with Crippen LogP contribution in [-0.2, 0) is 6.54 Å². The van der Waals surface area contributed by atoms with Crippen LogP contribution in [0.3, 0.4) is 0 Å². The molecule has 21 heavy (non-hydrogen) atoms. The van der Waals surface area contributed by atoms with Gasteiger partial charge in [-0.25, -0.2) is 0 Å². The highest BCUT2D eigenvalue weighted by molar-refractivity contribution is 5.96. The van der Waals surface area contributed by atoms with Crippen LogP contribution < -0.4 is 10.6 Å². The van der Waals surface area contributed by atoms with Gasteiger partial charge in [-0.15, -0.1) is 0 Å². The minimum Gasteiger partial charge on any atom is -0.371 e. The molecule has 3 rings (SSSR count). The van der Waals surface area contributed by atoms with E-state index in [1.165, 1.54) is 60.8 Å². The average molecular weight is 282 g/mol. The van der Waals surface area contributed by atoms with Crippen molar-refractivity contribution in [2.45, 2.75) is 39.2 Å². The summed E-state index contributed by atoms with van der Waals surface area (Å²) in [5, 5.41) is 2.67. The van der Waals surface area contributed by atoms with Crippen LogP contribution in [0.5, 0.6) is 0 Å². The molecule has 0 atom stereocenters. The van der Waals surface area contributed by atoms with Gasteiger partial charge in [-0.3, -0.25) is 0 Å². The fourth-order valence-corrected chi connectivity index (χ4v) is 3.67. The van der Waals surface area contributed by atoms with Crippen molar-refractivity contribution in [3.8, 4) is 0 Å². The lowest BCUT2D eigenvalue weighted by molar-refractivity contribution is 0.379. The van der Waals surface area contributed by atoms with Gasteiger partial charge in [-0.2, -0.15) is 0 Å². The van der Waals surface area contributed by atoms with Crippen LogP contribution in [0.4, 0.5) is 5.69 Å². The Bertz CT molecular complexity index is 598. The van der Waals surface area contributed by atoms with E-state index in [0.717, 1.165) is 5.92 Å². The molecule has 1 saturated heterocycles. The minimum absolute atomic E-state index is 0.610. The van der Waals surface area contributed by atoms with Crippen LogP contribution in [0.25, 0.3) is 10.8 Å².